The molecule has 1 rings (SSSR count). The standard InChI is InChI=1S/C8H15F2NO/c1-11-8(7(9)10)3-2-5-12-6-4-8/h7,11H,2-6H2,1H3. The van der Waals surface area contributed by atoms with Crippen molar-refractivity contribution in [2.75, 3.05) is 20.3 Å². The molecule has 0 aromatic carbocycles. The van der Waals surface area contributed by atoms with Crippen molar-refractivity contribution in [1.82, 2.24) is 5.32 Å². The van der Waals surface area contributed by atoms with Gasteiger partial charge in [-0.1, -0.05) is 0 Å². The second kappa shape index (κ2) is 4.14. The number of hydrogen-bond acceptors (Lipinski definition) is 2. The molecule has 12 heavy (non-hydrogen) atoms. The third-order valence-corrected chi connectivity index (χ3v) is 2.52. The molecule has 1 saturated heterocycles. The Morgan fingerprint density at radius 3 is 2.67 bits per heavy atom. The van der Waals surface area contributed by atoms with E-state index in [9.17, 15) is 8.78 Å². The lowest BCUT2D eigenvalue weighted by molar-refractivity contribution is 0.0205. The molecule has 1 atom stereocenters. The second-order valence-electron chi connectivity index (χ2n) is 3.17. The van der Waals surface area contributed by atoms with Gasteiger partial charge in [0, 0.05) is 13.2 Å². The van der Waals surface area contributed by atoms with Crippen LogP contribution in [0.1, 0.15) is 19.3 Å². The first-order chi connectivity index (χ1) is 5.71. The fourth-order valence-corrected chi connectivity index (χ4v) is 1.55. The van der Waals surface area contributed by atoms with E-state index in [1.54, 1.807) is 7.05 Å². The highest BCUT2D eigenvalue weighted by Crippen LogP contribution is 2.27. The zero-order valence-corrected chi connectivity index (χ0v) is 7.28. The predicted octanol–water partition coefficient (Wildman–Crippen LogP) is 1.41. The van der Waals surface area contributed by atoms with Crippen molar-refractivity contribution >= 4 is 0 Å². The van der Waals surface area contributed by atoms with Crippen molar-refractivity contribution in [3.05, 3.63) is 0 Å². The fraction of sp³-hybridized carbons (Fsp3) is 1.00. The minimum absolute atomic E-state index is 0.404. The van der Waals surface area contributed by atoms with Gasteiger partial charge in [-0.05, 0) is 26.3 Å². The van der Waals surface area contributed by atoms with Gasteiger partial charge >= 0.3 is 0 Å². The second-order valence-corrected chi connectivity index (χ2v) is 3.17. The number of ether oxygens (including phenoxy) is 1. The summed E-state index contributed by atoms with van der Waals surface area (Å²) in [6.45, 7) is 1.04. The highest BCUT2D eigenvalue weighted by atomic mass is 19.3. The van der Waals surface area contributed by atoms with E-state index in [4.69, 9.17) is 4.74 Å². The van der Waals surface area contributed by atoms with Gasteiger partial charge in [-0.25, -0.2) is 8.78 Å². The van der Waals surface area contributed by atoms with E-state index in [2.05, 4.69) is 5.32 Å². The van der Waals surface area contributed by atoms with Gasteiger partial charge in [0.2, 0.25) is 0 Å². The van der Waals surface area contributed by atoms with Crippen molar-refractivity contribution in [3.63, 3.8) is 0 Å². The molecule has 4 heteroatoms. The fourth-order valence-electron chi connectivity index (χ4n) is 1.55. The van der Waals surface area contributed by atoms with E-state index in [1.165, 1.54) is 0 Å². The van der Waals surface area contributed by atoms with Gasteiger partial charge in [0.15, 0.2) is 0 Å². The van der Waals surface area contributed by atoms with Gasteiger partial charge < -0.3 is 10.1 Å². The Labute approximate surface area is 71.3 Å². The molecule has 1 heterocycles. The number of hydrogen-bond donors (Lipinski definition) is 1. The zero-order chi connectivity index (χ0) is 9.03. The highest BCUT2D eigenvalue weighted by molar-refractivity contribution is 4.90. The Bertz CT molecular complexity index is 133. The molecule has 1 aliphatic heterocycles. The normalized spacial score (nSPS) is 32.0. The minimum Gasteiger partial charge on any atom is -0.381 e. The summed E-state index contributed by atoms with van der Waals surface area (Å²) in [5.41, 5.74) is -1.00. The summed E-state index contributed by atoms with van der Waals surface area (Å²) in [5.74, 6) is 0. The number of rotatable bonds is 2. The van der Waals surface area contributed by atoms with Gasteiger partial charge in [-0.3, -0.25) is 0 Å². The molecule has 0 bridgehead atoms. The van der Waals surface area contributed by atoms with Gasteiger partial charge in [-0.2, -0.15) is 0 Å². The zero-order valence-electron chi connectivity index (χ0n) is 7.28. The number of alkyl halides is 2. The van der Waals surface area contributed by atoms with E-state index in [-0.39, 0.29) is 0 Å². The smallest absolute Gasteiger partial charge is 0.256 e. The average Bonchev–Trinajstić information content (AvgIpc) is 2.29. The lowest BCUT2D eigenvalue weighted by Gasteiger charge is -2.30. The van der Waals surface area contributed by atoms with Crippen LogP contribution in [0.3, 0.4) is 0 Å². The SMILES string of the molecule is CNC1(C(F)F)CCCOCC1. The van der Waals surface area contributed by atoms with Gasteiger partial charge in [0.25, 0.3) is 6.43 Å². The summed E-state index contributed by atoms with van der Waals surface area (Å²) in [4.78, 5) is 0. The summed E-state index contributed by atoms with van der Waals surface area (Å²) < 4.78 is 30.4. The van der Waals surface area contributed by atoms with Crippen LogP contribution in [0.5, 0.6) is 0 Å². The third kappa shape index (κ3) is 1.93. The van der Waals surface area contributed by atoms with Crippen molar-refractivity contribution in [2.24, 2.45) is 0 Å². The predicted molar refractivity (Wildman–Crippen MR) is 42.5 cm³/mol. The van der Waals surface area contributed by atoms with E-state index in [1.807, 2.05) is 0 Å². The van der Waals surface area contributed by atoms with Crippen LogP contribution in [-0.2, 0) is 4.74 Å². The summed E-state index contributed by atoms with van der Waals surface area (Å²) in [6, 6.07) is 0. The lowest BCUT2D eigenvalue weighted by Crippen LogP contribution is -2.49. The van der Waals surface area contributed by atoms with E-state index >= 15 is 0 Å². The molecule has 1 fully saturated rings. The molecule has 0 amide bonds. The number of nitrogens with one attached hydrogen (secondary N) is 1. The van der Waals surface area contributed by atoms with Crippen LogP contribution in [0.25, 0.3) is 0 Å². The Kier molecular flexibility index (Phi) is 3.40. The van der Waals surface area contributed by atoms with Crippen molar-refractivity contribution in [2.45, 2.75) is 31.2 Å². The lowest BCUT2D eigenvalue weighted by atomic mass is 9.91. The molecule has 0 radical (unpaired) electrons. The number of halogens is 2. The van der Waals surface area contributed by atoms with E-state index in [0.717, 1.165) is 0 Å². The summed E-state index contributed by atoms with van der Waals surface area (Å²) >= 11 is 0. The maximum Gasteiger partial charge on any atom is 0.256 e. The van der Waals surface area contributed by atoms with Crippen LogP contribution < -0.4 is 5.32 Å². The molecule has 2 nitrogen and oxygen atoms in total. The van der Waals surface area contributed by atoms with E-state index in [0.29, 0.717) is 32.5 Å². The summed E-state index contributed by atoms with van der Waals surface area (Å²) in [5, 5.41) is 2.73. The first-order valence-electron chi connectivity index (χ1n) is 4.26. The first-order valence-corrected chi connectivity index (χ1v) is 4.26. The molecule has 1 unspecified atom stereocenters. The Hall–Kier alpha value is -0.220. The average molecular weight is 179 g/mol. The van der Waals surface area contributed by atoms with Gasteiger partial charge in [0.1, 0.15) is 0 Å². The van der Waals surface area contributed by atoms with Crippen LogP contribution in [0.2, 0.25) is 0 Å². The molecule has 0 saturated carbocycles. The molecular formula is C8H15F2NO. The first kappa shape index (κ1) is 9.86. The molecule has 0 aromatic rings. The molecule has 72 valence electrons. The summed E-state index contributed by atoms with van der Waals surface area (Å²) in [6.07, 6.45) is -0.683. The van der Waals surface area contributed by atoms with Crippen LogP contribution in [0.15, 0.2) is 0 Å². The largest absolute Gasteiger partial charge is 0.381 e. The third-order valence-electron chi connectivity index (χ3n) is 2.52. The van der Waals surface area contributed by atoms with Crippen LogP contribution in [-0.4, -0.2) is 32.2 Å². The van der Waals surface area contributed by atoms with Crippen LogP contribution in [0.4, 0.5) is 8.78 Å². The maximum absolute atomic E-state index is 12.6. The minimum atomic E-state index is -2.30. The van der Waals surface area contributed by atoms with Crippen molar-refractivity contribution in [3.8, 4) is 0 Å². The Morgan fingerprint density at radius 2 is 2.08 bits per heavy atom. The van der Waals surface area contributed by atoms with Gasteiger partial charge in [0.05, 0.1) is 5.54 Å². The highest BCUT2D eigenvalue weighted by Gasteiger charge is 2.38. The van der Waals surface area contributed by atoms with Crippen LogP contribution in [0, 0.1) is 0 Å². The van der Waals surface area contributed by atoms with Crippen molar-refractivity contribution < 1.29 is 13.5 Å². The van der Waals surface area contributed by atoms with Gasteiger partial charge in [-0.15, -0.1) is 0 Å². The topological polar surface area (TPSA) is 21.3 Å². The van der Waals surface area contributed by atoms with Crippen molar-refractivity contribution in [1.29, 1.82) is 0 Å². The molecule has 1 aliphatic rings. The summed E-state index contributed by atoms with van der Waals surface area (Å²) in [7, 11) is 1.59. The van der Waals surface area contributed by atoms with Crippen LogP contribution >= 0.6 is 0 Å². The maximum atomic E-state index is 12.6. The molecular weight excluding hydrogens is 164 g/mol. The molecule has 0 aromatic heterocycles. The monoisotopic (exact) mass is 179 g/mol. The van der Waals surface area contributed by atoms with E-state index < -0.39 is 12.0 Å². The quantitative estimate of drug-likeness (QED) is 0.692. The molecule has 0 spiro atoms. The molecule has 0 aliphatic carbocycles. The Morgan fingerprint density at radius 1 is 1.33 bits per heavy atom. The Balaban J connectivity index is 2.61. The molecule has 1 N–H and O–H groups in total.